The highest BCUT2D eigenvalue weighted by atomic mass is 16.2. The minimum absolute atomic E-state index is 0.0767. The van der Waals surface area contributed by atoms with E-state index in [1.54, 1.807) is 31.4 Å². The van der Waals surface area contributed by atoms with E-state index < -0.39 is 0 Å². The second-order valence-electron chi connectivity index (χ2n) is 7.89. The zero-order valence-corrected chi connectivity index (χ0v) is 16.7. The highest BCUT2D eigenvalue weighted by Gasteiger charge is 2.29. The summed E-state index contributed by atoms with van der Waals surface area (Å²) in [4.78, 5) is 24.3. The number of aromatic nitrogens is 4. The van der Waals surface area contributed by atoms with Crippen LogP contribution in [-0.2, 0) is 6.54 Å². The van der Waals surface area contributed by atoms with Gasteiger partial charge in [-0.25, -0.2) is 9.50 Å². The number of H-pyrrole nitrogens is 1. The number of likely N-dealkylation sites (tertiary alicyclic amines) is 1. The van der Waals surface area contributed by atoms with E-state index in [1.165, 1.54) is 16.5 Å². The van der Waals surface area contributed by atoms with Crippen LogP contribution in [0.1, 0.15) is 40.5 Å². The molecule has 148 valence electrons. The number of amides is 1. The fourth-order valence-electron chi connectivity index (χ4n) is 4.33. The maximum atomic E-state index is 12.5. The molecule has 1 saturated heterocycles. The monoisotopic (exact) mass is 388 g/mol. The predicted molar refractivity (Wildman–Crippen MR) is 112 cm³/mol. The van der Waals surface area contributed by atoms with E-state index >= 15 is 0 Å². The number of carbonyl (C=O) groups excluding carboxylic acids is 1. The number of fused-ring (bicyclic) bond motifs is 2. The number of hydrogen-bond acceptors (Lipinski definition) is 4. The minimum Gasteiger partial charge on any atom is -0.361 e. The predicted octanol–water partition coefficient (Wildman–Crippen LogP) is 3.25. The maximum absolute atomic E-state index is 12.5. The largest absolute Gasteiger partial charge is 0.361 e. The van der Waals surface area contributed by atoms with Crippen molar-refractivity contribution in [2.45, 2.75) is 25.4 Å². The van der Waals surface area contributed by atoms with Gasteiger partial charge in [-0.2, -0.15) is 5.10 Å². The molecular weight excluding hydrogens is 364 g/mol. The lowest BCUT2D eigenvalue weighted by molar-refractivity contribution is 0.0829. The summed E-state index contributed by atoms with van der Waals surface area (Å²) in [5.41, 5.74) is 4.72. The zero-order chi connectivity index (χ0) is 20.0. The Bertz CT molecular complexity index is 1190. The third-order valence-corrected chi connectivity index (χ3v) is 5.78. The van der Waals surface area contributed by atoms with Gasteiger partial charge in [-0.05, 0) is 48.5 Å². The van der Waals surface area contributed by atoms with E-state index in [0.717, 1.165) is 31.6 Å². The number of nitrogens with zero attached hydrogens (tertiary/aromatic N) is 5. The number of hydrogen-bond donors (Lipinski definition) is 1. The van der Waals surface area contributed by atoms with E-state index in [4.69, 9.17) is 0 Å². The van der Waals surface area contributed by atoms with Crippen LogP contribution in [-0.4, -0.2) is 55.9 Å². The van der Waals surface area contributed by atoms with Crippen LogP contribution in [0.4, 0.5) is 0 Å². The van der Waals surface area contributed by atoms with Gasteiger partial charge >= 0.3 is 0 Å². The lowest BCUT2D eigenvalue weighted by Gasteiger charge is -2.25. The molecule has 1 fully saturated rings. The molecule has 0 spiro atoms. The Hall–Kier alpha value is -3.19. The molecule has 4 aromatic rings. The van der Waals surface area contributed by atoms with Crippen molar-refractivity contribution in [2.24, 2.45) is 0 Å². The van der Waals surface area contributed by atoms with E-state index in [2.05, 4.69) is 44.2 Å². The maximum Gasteiger partial charge on any atom is 0.258 e. The SMILES string of the molecule is CN(C)C(=O)c1cnn2c(C3CCCN3Cc3ccc4cc[nH]c4c3)ccnc12. The van der Waals surface area contributed by atoms with Gasteiger partial charge in [0.25, 0.3) is 5.91 Å². The van der Waals surface area contributed by atoms with Crippen LogP contribution in [0.15, 0.2) is 48.9 Å². The summed E-state index contributed by atoms with van der Waals surface area (Å²) in [6, 6.07) is 11.0. The summed E-state index contributed by atoms with van der Waals surface area (Å²) >= 11 is 0. The molecule has 1 amide bonds. The smallest absolute Gasteiger partial charge is 0.258 e. The number of nitrogens with one attached hydrogen (secondary N) is 1. The van der Waals surface area contributed by atoms with Crippen LogP contribution in [0.3, 0.4) is 0 Å². The van der Waals surface area contributed by atoms with Gasteiger partial charge in [-0.1, -0.05) is 12.1 Å². The molecule has 7 nitrogen and oxygen atoms in total. The van der Waals surface area contributed by atoms with Crippen molar-refractivity contribution in [1.82, 2.24) is 29.4 Å². The van der Waals surface area contributed by atoms with Crippen LogP contribution in [0.25, 0.3) is 16.6 Å². The number of rotatable bonds is 4. The molecule has 1 N–H and O–H groups in total. The van der Waals surface area contributed by atoms with Crippen molar-refractivity contribution in [2.75, 3.05) is 20.6 Å². The normalized spacial score (nSPS) is 17.4. The first-order chi connectivity index (χ1) is 14.1. The molecule has 1 atom stereocenters. The Morgan fingerprint density at radius 3 is 3.03 bits per heavy atom. The standard InChI is InChI=1S/C22H24N6O/c1-26(2)22(29)17-13-25-28-20(8-10-24-21(17)28)19-4-3-11-27(19)14-15-5-6-16-7-9-23-18(16)12-15/h5-10,12-13,19,23H,3-4,11,14H2,1-2H3. The molecule has 0 aliphatic carbocycles. The average Bonchev–Trinajstić information content (AvgIpc) is 3.46. The number of benzene rings is 1. The Kier molecular flexibility index (Phi) is 4.32. The summed E-state index contributed by atoms with van der Waals surface area (Å²) in [5, 5.41) is 5.75. The van der Waals surface area contributed by atoms with Gasteiger partial charge in [0.1, 0.15) is 5.56 Å². The summed E-state index contributed by atoms with van der Waals surface area (Å²) in [5.74, 6) is -0.0767. The van der Waals surface area contributed by atoms with Gasteiger partial charge in [-0.15, -0.1) is 0 Å². The molecule has 5 rings (SSSR count). The molecule has 1 aliphatic rings. The van der Waals surface area contributed by atoms with E-state index in [9.17, 15) is 4.79 Å². The molecule has 4 heterocycles. The third kappa shape index (κ3) is 3.07. The summed E-state index contributed by atoms with van der Waals surface area (Å²) in [6.07, 6.45) is 7.61. The fraction of sp³-hybridized carbons (Fsp3) is 0.318. The molecule has 0 bridgehead atoms. The van der Waals surface area contributed by atoms with Crippen molar-refractivity contribution in [1.29, 1.82) is 0 Å². The van der Waals surface area contributed by atoms with Crippen molar-refractivity contribution >= 4 is 22.5 Å². The average molecular weight is 388 g/mol. The highest BCUT2D eigenvalue weighted by molar-refractivity contribution is 5.99. The van der Waals surface area contributed by atoms with Crippen LogP contribution < -0.4 is 0 Å². The molecule has 0 radical (unpaired) electrons. The van der Waals surface area contributed by atoms with Crippen molar-refractivity contribution in [3.05, 3.63) is 65.7 Å². The second-order valence-corrected chi connectivity index (χ2v) is 7.89. The third-order valence-electron chi connectivity index (χ3n) is 5.78. The number of carbonyl (C=O) groups is 1. The first-order valence-electron chi connectivity index (χ1n) is 9.96. The van der Waals surface area contributed by atoms with Gasteiger partial charge in [0.05, 0.1) is 17.9 Å². The lowest BCUT2D eigenvalue weighted by Crippen LogP contribution is -2.25. The van der Waals surface area contributed by atoms with Gasteiger partial charge in [-0.3, -0.25) is 9.69 Å². The van der Waals surface area contributed by atoms with E-state index in [0.29, 0.717) is 11.2 Å². The fourth-order valence-corrected chi connectivity index (χ4v) is 4.33. The van der Waals surface area contributed by atoms with Gasteiger partial charge in [0, 0.05) is 38.6 Å². The zero-order valence-electron chi connectivity index (χ0n) is 16.7. The molecule has 29 heavy (non-hydrogen) atoms. The lowest BCUT2D eigenvalue weighted by atomic mass is 10.1. The topological polar surface area (TPSA) is 69.5 Å². The first kappa shape index (κ1) is 17.9. The Morgan fingerprint density at radius 2 is 2.17 bits per heavy atom. The van der Waals surface area contributed by atoms with Crippen molar-refractivity contribution in [3.8, 4) is 0 Å². The Morgan fingerprint density at radius 1 is 1.28 bits per heavy atom. The van der Waals surface area contributed by atoms with Gasteiger partial charge in [0.15, 0.2) is 5.65 Å². The first-order valence-corrected chi connectivity index (χ1v) is 9.96. The van der Waals surface area contributed by atoms with Crippen molar-refractivity contribution < 1.29 is 4.79 Å². The number of aromatic amines is 1. The summed E-state index contributed by atoms with van der Waals surface area (Å²) in [7, 11) is 3.49. The van der Waals surface area contributed by atoms with E-state index in [1.807, 2.05) is 16.8 Å². The highest BCUT2D eigenvalue weighted by Crippen LogP contribution is 2.33. The van der Waals surface area contributed by atoms with Crippen LogP contribution in [0.5, 0.6) is 0 Å². The van der Waals surface area contributed by atoms with Crippen LogP contribution in [0, 0.1) is 0 Å². The molecule has 3 aromatic heterocycles. The summed E-state index contributed by atoms with van der Waals surface area (Å²) < 4.78 is 1.84. The quantitative estimate of drug-likeness (QED) is 0.583. The molecule has 1 aliphatic heterocycles. The molecule has 0 saturated carbocycles. The molecule has 1 unspecified atom stereocenters. The Balaban J connectivity index is 1.47. The van der Waals surface area contributed by atoms with Crippen molar-refractivity contribution in [3.63, 3.8) is 0 Å². The molecule has 7 heteroatoms. The van der Waals surface area contributed by atoms with Gasteiger partial charge in [0.2, 0.25) is 0 Å². The summed E-state index contributed by atoms with van der Waals surface area (Å²) in [6.45, 7) is 1.93. The van der Waals surface area contributed by atoms with Crippen LogP contribution >= 0.6 is 0 Å². The van der Waals surface area contributed by atoms with Gasteiger partial charge < -0.3 is 9.88 Å². The minimum atomic E-state index is -0.0767. The Labute approximate surface area is 169 Å². The molecule has 1 aromatic carbocycles. The van der Waals surface area contributed by atoms with E-state index in [-0.39, 0.29) is 11.9 Å². The van der Waals surface area contributed by atoms with Crippen LogP contribution in [0.2, 0.25) is 0 Å². The molecular formula is C22H24N6O. The second kappa shape index (κ2) is 7.00.